The molecule has 0 aliphatic rings. The molecule has 23 heavy (non-hydrogen) atoms. The topological polar surface area (TPSA) is 64.6 Å². The van der Waals surface area contributed by atoms with E-state index in [1.165, 1.54) is 17.4 Å². The number of halogens is 1. The van der Waals surface area contributed by atoms with Crippen molar-refractivity contribution in [2.24, 2.45) is 0 Å². The fraction of sp³-hybridized carbons (Fsp3) is 0.125. The van der Waals surface area contributed by atoms with Crippen molar-refractivity contribution in [1.29, 1.82) is 0 Å². The minimum Gasteiger partial charge on any atom is -0.497 e. The highest BCUT2D eigenvalue weighted by Crippen LogP contribution is 2.23. The predicted molar refractivity (Wildman–Crippen MR) is 93.6 cm³/mol. The molecule has 7 heteroatoms. The number of rotatable bonds is 6. The van der Waals surface area contributed by atoms with Crippen LogP contribution in [-0.4, -0.2) is 25.6 Å². The monoisotopic (exact) mass is 395 g/mol. The number of nitrogens with one attached hydrogen (secondary N) is 1. The average molecular weight is 396 g/mol. The molecule has 0 atom stereocenters. The number of ether oxygens (including phenoxy) is 2. The van der Waals surface area contributed by atoms with Gasteiger partial charge in [0.1, 0.15) is 5.75 Å². The van der Waals surface area contributed by atoms with E-state index in [1.54, 1.807) is 37.5 Å². The van der Waals surface area contributed by atoms with E-state index < -0.39 is 11.9 Å². The van der Waals surface area contributed by atoms with Crippen molar-refractivity contribution in [2.75, 3.05) is 19.0 Å². The number of hydrogen-bond acceptors (Lipinski definition) is 5. The number of hydrogen-bond donors (Lipinski definition) is 1. The Hall–Kier alpha value is -2.12. The average Bonchev–Trinajstić information content (AvgIpc) is 2.97. The molecule has 0 unspecified atom stereocenters. The van der Waals surface area contributed by atoms with Crippen LogP contribution in [0, 0.1) is 0 Å². The minimum atomic E-state index is -0.570. The van der Waals surface area contributed by atoms with Gasteiger partial charge >= 0.3 is 5.97 Å². The van der Waals surface area contributed by atoms with Crippen LogP contribution in [0.2, 0.25) is 0 Å². The molecule has 1 amide bonds. The molecule has 120 valence electrons. The van der Waals surface area contributed by atoms with Crippen LogP contribution in [0.1, 0.15) is 4.88 Å². The molecule has 2 rings (SSSR count). The third kappa shape index (κ3) is 5.88. The maximum Gasteiger partial charge on any atom is 0.331 e. The van der Waals surface area contributed by atoms with Crippen molar-refractivity contribution < 1.29 is 19.1 Å². The number of thiophene rings is 1. The van der Waals surface area contributed by atoms with Crippen LogP contribution in [-0.2, 0) is 14.3 Å². The Kier molecular flexibility index (Phi) is 6.37. The van der Waals surface area contributed by atoms with Gasteiger partial charge in [0.2, 0.25) is 0 Å². The number of carbonyl (C=O) groups is 2. The molecule has 5 nitrogen and oxygen atoms in total. The summed E-state index contributed by atoms with van der Waals surface area (Å²) in [4.78, 5) is 24.2. The zero-order chi connectivity index (χ0) is 16.7. The van der Waals surface area contributed by atoms with Crippen LogP contribution >= 0.6 is 27.3 Å². The van der Waals surface area contributed by atoms with E-state index >= 15 is 0 Å². The van der Waals surface area contributed by atoms with Crippen LogP contribution in [0.4, 0.5) is 5.69 Å². The minimum absolute atomic E-state index is 0.344. The van der Waals surface area contributed by atoms with Crippen LogP contribution in [0.3, 0.4) is 0 Å². The van der Waals surface area contributed by atoms with E-state index in [2.05, 4.69) is 21.2 Å². The first-order valence-corrected chi connectivity index (χ1v) is 8.22. The fourth-order valence-electron chi connectivity index (χ4n) is 1.62. The fourth-order valence-corrected chi connectivity index (χ4v) is 2.95. The first kappa shape index (κ1) is 17.2. The Morgan fingerprint density at radius 2 is 1.96 bits per heavy atom. The molecule has 0 saturated heterocycles. The van der Waals surface area contributed by atoms with Crippen molar-refractivity contribution in [2.45, 2.75) is 0 Å². The number of esters is 1. The summed E-state index contributed by atoms with van der Waals surface area (Å²) in [6, 6.07) is 10.6. The van der Waals surface area contributed by atoms with Gasteiger partial charge in [0.05, 0.1) is 10.9 Å². The Balaban J connectivity index is 1.76. The van der Waals surface area contributed by atoms with Gasteiger partial charge in [-0.25, -0.2) is 4.79 Å². The lowest BCUT2D eigenvalue weighted by molar-refractivity contribution is -0.142. The van der Waals surface area contributed by atoms with Crippen LogP contribution in [0.5, 0.6) is 5.75 Å². The third-order valence-electron chi connectivity index (χ3n) is 2.70. The Morgan fingerprint density at radius 1 is 1.22 bits per heavy atom. The largest absolute Gasteiger partial charge is 0.497 e. The Labute approximate surface area is 146 Å². The number of anilines is 1. The van der Waals surface area contributed by atoms with E-state index in [1.807, 2.05) is 12.1 Å². The molecule has 0 bridgehead atoms. The molecule has 1 aromatic carbocycles. The van der Waals surface area contributed by atoms with Crippen molar-refractivity contribution in [3.05, 3.63) is 51.1 Å². The highest BCUT2D eigenvalue weighted by molar-refractivity contribution is 9.11. The lowest BCUT2D eigenvalue weighted by atomic mass is 10.3. The molecule has 0 saturated carbocycles. The zero-order valence-electron chi connectivity index (χ0n) is 12.2. The Morgan fingerprint density at radius 3 is 2.57 bits per heavy atom. The second-order valence-corrected chi connectivity index (χ2v) is 6.85. The lowest BCUT2D eigenvalue weighted by Crippen LogP contribution is -2.20. The quantitative estimate of drug-likeness (QED) is 0.597. The first-order valence-electron chi connectivity index (χ1n) is 6.61. The summed E-state index contributed by atoms with van der Waals surface area (Å²) < 4.78 is 10.9. The lowest BCUT2D eigenvalue weighted by Gasteiger charge is -2.06. The summed E-state index contributed by atoms with van der Waals surface area (Å²) >= 11 is 4.83. The number of methoxy groups -OCH3 is 1. The predicted octanol–water partition coefficient (Wildman–Crippen LogP) is 3.71. The van der Waals surface area contributed by atoms with Gasteiger partial charge in [-0.3, -0.25) is 4.79 Å². The molecular formula is C16H14BrNO4S. The van der Waals surface area contributed by atoms with E-state index in [0.717, 1.165) is 8.66 Å². The number of benzene rings is 1. The molecule has 0 aliphatic heterocycles. The van der Waals surface area contributed by atoms with E-state index in [4.69, 9.17) is 9.47 Å². The number of amides is 1. The SMILES string of the molecule is COc1ccc(NC(=O)COC(=O)/C=C/c2ccc(Br)s2)cc1. The second kappa shape index (κ2) is 8.50. The maximum absolute atomic E-state index is 11.7. The summed E-state index contributed by atoms with van der Waals surface area (Å²) in [6.07, 6.45) is 2.93. The maximum atomic E-state index is 11.7. The highest BCUT2D eigenvalue weighted by atomic mass is 79.9. The van der Waals surface area contributed by atoms with Gasteiger partial charge in [-0.05, 0) is 58.4 Å². The molecule has 0 aliphatic carbocycles. The summed E-state index contributed by atoms with van der Waals surface area (Å²) in [5, 5.41) is 2.63. The zero-order valence-corrected chi connectivity index (χ0v) is 14.6. The van der Waals surface area contributed by atoms with Gasteiger partial charge in [0.15, 0.2) is 6.61 Å². The molecule has 0 radical (unpaired) electrons. The summed E-state index contributed by atoms with van der Waals surface area (Å²) in [5.41, 5.74) is 0.603. The van der Waals surface area contributed by atoms with Crippen LogP contribution in [0.15, 0.2) is 46.3 Å². The van der Waals surface area contributed by atoms with Crippen molar-refractivity contribution >= 4 is 50.9 Å². The Bertz CT molecular complexity index is 709. The van der Waals surface area contributed by atoms with Gasteiger partial charge in [-0.2, -0.15) is 0 Å². The van der Waals surface area contributed by atoms with Gasteiger partial charge in [-0.1, -0.05) is 0 Å². The smallest absolute Gasteiger partial charge is 0.331 e. The van der Waals surface area contributed by atoms with E-state index in [-0.39, 0.29) is 6.61 Å². The molecule has 1 heterocycles. The second-order valence-electron chi connectivity index (χ2n) is 4.36. The molecule has 2 aromatic rings. The molecular weight excluding hydrogens is 382 g/mol. The van der Waals surface area contributed by atoms with E-state index in [0.29, 0.717) is 11.4 Å². The van der Waals surface area contributed by atoms with Gasteiger partial charge in [-0.15, -0.1) is 11.3 Å². The molecule has 0 spiro atoms. The van der Waals surface area contributed by atoms with Crippen LogP contribution in [0.25, 0.3) is 6.08 Å². The highest BCUT2D eigenvalue weighted by Gasteiger charge is 2.06. The van der Waals surface area contributed by atoms with Crippen molar-refractivity contribution in [3.8, 4) is 5.75 Å². The summed E-state index contributed by atoms with van der Waals surface area (Å²) in [7, 11) is 1.56. The summed E-state index contributed by atoms with van der Waals surface area (Å²) in [6.45, 7) is -0.344. The van der Waals surface area contributed by atoms with Crippen molar-refractivity contribution in [1.82, 2.24) is 0 Å². The molecule has 1 aromatic heterocycles. The summed E-state index contributed by atoms with van der Waals surface area (Å²) in [5.74, 6) is -0.282. The first-order chi connectivity index (χ1) is 11.1. The van der Waals surface area contributed by atoms with Gasteiger partial charge < -0.3 is 14.8 Å². The third-order valence-corrected chi connectivity index (χ3v) is 4.29. The van der Waals surface area contributed by atoms with Crippen LogP contribution < -0.4 is 10.1 Å². The number of carbonyl (C=O) groups excluding carboxylic acids is 2. The normalized spacial score (nSPS) is 10.5. The standard InChI is InChI=1S/C16H14BrNO4S/c1-21-12-4-2-11(3-5-12)18-15(19)10-22-16(20)9-7-13-6-8-14(17)23-13/h2-9H,10H2,1H3,(H,18,19)/b9-7+. The van der Waals surface area contributed by atoms with Gasteiger partial charge in [0.25, 0.3) is 5.91 Å². The molecule has 1 N–H and O–H groups in total. The van der Waals surface area contributed by atoms with Crippen molar-refractivity contribution in [3.63, 3.8) is 0 Å². The van der Waals surface area contributed by atoms with Gasteiger partial charge in [0, 0.05) is 16.6 Å². The molecule has 0 fully saturated rings. The van der Waals surface area contributed by atoms with E-state index in [9.17, 15) is 9.59 Å².